The Morgan fingerprint density at radius 1 is 1.11 bits per heavy atom. The average Bonchev–Trinajstić information content (AvgIpc) is 2.60. The molecule has 1 unspecified atom stereocenters. The van der Waals surface area contributed by atoms with Crippen molar-refractivity contribution in [3.63, 3.8) is 0 Å². The van der Waals surface area contributed by atoms with Crippen molar-refractivity contribution >= 4 is 12.1 Å². The van der Waals surface area contributed by atoms with E-state index in [9.17, 15) is 19.8 Å². The zero-order chi connectivity index (χ0) is 20.2. The van der Waals surface area contributed by atoms with Gasteiger partial charge in [0, 0.05) is 12.6 Å². The van der Waals surface area contributed by atoms with Gasteiger partial charge in [0.25, 0.3) is 0 Å². The highest BCUT2D eigenvalue weighted by atomic mass is 16.6. The Balaban J connectivity index is 2.11. The summed E-state index contributed by atoms with van der Waals surface area (Å²) in [5.74, 6) is -1.24. The SMILES string of the molecule is CN(CC(O)c1ccc(-c2ccccc2C(=O)[O-])cc1)C(=O)OC(C)(C)C. The minimum atomic E-state index is -1.24. The van der Waals surface area contributed by atoms with Crippen molar-refractivity contribution in [1.29, 1.82) is 0 Å². The minimum absolute atomic E-state index is 0.0733. The van der Waals surface area contributed by atoms with E-state index in [0.717, 1.165) is 0 Å². The summed E-state index contributed by atoms with van der Waals surface area (Å²) in [5, 5.41) is 21.6. The lowest BCUT2D eigenvalue weighted by Gasteiger charge is -2.26. The van der Waals surface area contributed by atoms with E-state index in [0.29, 0.717) is 16.7 Å². The van der Waals surface area contributed by atoms with E-state index in [4.69, 9.17) is 4.74 Å². The predicted octanol–water partition coefficient (Wildman–Crippen LogP) is 2.62. The van der Waals surface area contributed by atoms with Gasteiger partial charge in [-0.15, -0.1) is 0 Å². The van der Waals surface area contributed by atoms with Crippen LogP contribution in [0.1, 0.15) is 42.8 Å². The molecule has 0 aliphatic rings. The maximum atomic E-state index is 12.0. The monoisotopic (exact) mass is 370 g/mol. The maximum absolute atomic E-state index is 12.0. The number of aliphatic hydroxyl groups excluding tert-OH is 1. The molecule has 0 fully saturated rings. The van der Waals surface area contributed by atoms with Crippen LogP contribution in [0.25, 0.3) is 11.1 Å². The van der Waals surface area contributed by atoms with E-state index >= 15 is 0 Å². The first kappa shape index (κ1) is 20.5. The van der Waals surface area contributed by atoms with Crippen LogP contribution in [0.4, 0.5) is 4.79 Å². The largest absolute Gasteiger partial charge is 0.545 e. The Morgan fingerprint density at radius 3 is 2.26 bits per heavy atom. The summed E-state index contributed by atoms with van der Waals surface area (Å²) in [6, 6.07) is 13.4. The number of ether oxygens (including phenoxy) is 1. The molecule has 2 rings (SSSR count). The van der Waals surface area contributed by atoms with Crippen LogP contribution in [0.5, 0.6) is 0 Å². The highest BCUT2D eigenvalue weighted by Crippen LogP contribution is 2.25. The number of aromatic carboxylic acids is 1. The molecule has 0 bridgehead atoms. The van der Waals surface area contributed by atoms with Gasteiger partial charge in [0.1, 0.15) is 5.60 Å². The van der Waals surface area contributed by atoms with Gasteiger partial charge in [-0.05, 0) is 37.5 Å². The highest BCUT2D eigenvalue weighted by molar-refractivity contribution is 5.94. The second-order valence-electron chi connectivity index (χ2n) is 7.33. The summed E-state index contributed by atoms with van der Waals surface area (Å²) in [7, 11) is 1.56. The van der Waals surface area contributed by atoms with Gasteiger partial charge in [0.05, 0.1) is 18.6 Å². The van der Waals surface area contributed by atoms with Gasteiger partial charge in [0.15, 0.2) is 0 Å². The first-order chi connectivity index (χ1) is 12.6. The van der Waals surface area contributed by atoms with Crippen molar-refractivity contribution in [1.82, 2.24) is 4.90 Å². The second-order valence-corrected chi connectivity index (χ2v) is 7.33. The number of hydrogen-bond donors (Lipinski definition) is 1. The minimum Gasteiger partial charge on any atom is -0.545 e. The number of benzene rings is 2. The molecule has 6 nitrogen and oxygen atoms in total. The van der Waals surface area contributed by atoms with Crippen LogP contribution in [0, 0.1) is 0 Å². The number of hydrogen-bond acceptors (Lipinski definition) is 5. The van der Waals surface area contributed by atoms with Gasteiger partial charge < -0.3 is 24.6 Å². The molecule has 2 aromatic carbocycles. The number of carboxylic acid groups (broad SMARTS) is 1. The molecule has 0 radical (unpaired) electrons. The number of carbonyl (C=O) groups is 2. The van der Waals surface area contributed by atoms with Gasteiger partial charge >= 0.3 is 6.09 Å². The second kappa shape index (κ2) is 8.22. The molecular formula is C21H24NO5-. The first-order valence-electron chi connectivity index (χ1n) is 8.61. The predicted molar refractivity (Wildman–Crippen MR) is 100 cm³/mol. The number of nitrogens with zero attached hydrogens (tertiary/aromatic N) is 1. The van der Waals surface area contributed by atoms with Crippen LogP contribution in [-0.4, -0.2) is 41.3 Å². The van der Waals surface area contributed by atoms with Gasteiger partial charge in [-0.3, -0.25) is 0 Å². The molecule has 1 amide bonds. The molecule has 1 atom stereocenters. The Kier molecular flexibility index (Phi) is 6.23. The first-order valence-corrected chi connectivity index (χ1v) is 8.61. The van der Waals surface area contributed by atoms with Crippen LogP contribution in [0.3, 0.4) is 0 Å². The van der Waals surface area contributed by atoms with Gasteiger partial charge in [-0.1, -0.05) is 48.5 Å². The Labute approximate surface area is 159 Å². The third kappa shape index (κ3) is 5.56. The van der Waals surface area contributed by atoms with E-state index < -0.39 is 23.8 Å². The van der Waals surface area contributed by atoms with E-state index in [1.807, 2.05) is 0 Å². The quantitative estimate of drug-likeness (QED) is 0.874. The Hall–Kier alpha value is -2.86. The van der Waals surface area contributed by atoms with Crippen LogP contribution in [-0.2, 0) is 4.74 Å². The molecule has 2 aromatic rings. The zero-order valence-corrected chi connectivity index (χ0v) is 15.9. The normalized spacial score (nSPS) is 12.3. The number of rotatable bonds is 5. The van der Waals surface area contributed by atoms with E-state index in [-0.39, 0.29) is 12.1 Å². The summed E-state index contributed by atoms with van der Waals surface area (Å²) < 4.78 is 5.26. The molecule has 0 heterocycles. The molecule has 0 aromatic heterocycles. The molecular weight excluding hydrogens is 346 g/mol. The molecule has 0 aliphatic heterocycles. The zero-order valence-electron chi connectivity index (χ0n) is 15.9. The molecule has 1 N–H and O–H groups in total. The summed E-state index contributed by atoms with van der Waals surface area (Å²) in [6.07, 6.45) is -1.41. The van der Waals surface area contributed by atoms with E-state index in [2.05, 4.69) is 0 Å². The number of carboxylic acids is 1. The topological polar surface area (TPSA) is 89.9 Å². The Bertz CT molecular complexity index is 808. The van der Waals surface area contributed by atoms with Gasteiger partial charge in [-0.25, -0.2) is 4.79 Å². The molecule has 0 saturated carbocycles. The number of carbonyl (C=O) groups excluding carboxylic acids is 2. The third-order valence-corrected chi connectivity index (χ3v) is 3.91. The molecule has 144 valence electrons. The summed E-state index contributed by atoms with van der Waals surface area (Å²) in [5.41, 5.74) is 1.36. The lowest BCUT2D eigenvalue weighted by molar-refractivity contribution is -0.254. The van der Waals surface area contributed by atoms with Crippen LogP contribution >= 0.6 is 0 Å². The lowest BCUT2D eigenvalue weighted by atomic mass is 9.97. The van der Waals surface area contributed by atoms with Gasteiger partial charge in [0.2, 0.25) is 0 Å². The standard InChI is InChI=1S/C21H25NO5/c1-21(2,3)27-20(26)22(4)13-18(23)15-11-9-14(10-12-15)16-7-5-6-8-17(16)19(24)25/h5-12,18,23H,13H2,1-4H3,(H,24,25)/p-1. The highest BCUT2D eigenvalue weighted by Gasteiger charge is 2.21. The van der Waals surface area contributed by atoms with E-state index in [1.165, 1.54) is 11.0 Å². The van der Waals surface area contributed by atoms with Crippen molar-refractivity contribution in [2.24, 2.45) is 0 Å². The fraction of sp³-hybridized carbons (Fsp3) is 0.333. The smallest absolute Gasteiger partial charge is 0.410 e. The summed E-state index contributed by atoms with van der Waals surface area (Å²) >= 11 is 0. The number of likely N-dealkylation sites (N-methyl/N-ethyl adjacent to an activating group) is 1. The van der Waals surface area contributed by atoms with Crippen molar-refractivity contribution in [2.45, 2.75) is 32.5 Å². The van der Waals surface area contributed by atoms with Crippen LogP contribution < -0.4 is 5.11 Å². The van der Waals surface area contributed by atoms with Crippen LogP contribution in [0.15, 0.2) is 48.5 Å². The van der Waals surface area contributed by atoms with E-state index in [1.54, 1.807) is 70.3 Å². The van der Waals surface area contributed by atoms with Crippen molar-refractivity contribution < 1.29 is 24.5 Å². The molecule has 0 aliphatic carbocycles. The molecule has 0 spiro atoms. The molecule has 27 heavy (non-hydrogen) atoms. The number of aliphatic hydroxyl groups is 1. The van der Waals surface area contributed by atoms with Crippen molar-refractivity contribution in [2.75, 3.05) is 13.6 Å². The maximum Gasteiger partial charge on any atom is 0.410 e. The van der Waals surface area contributed by atoms with Crippen molar-refractivity contribution in [3.8, 4) is 11.1 Å². The summed E-state index contributed by atoms with van der Waals surface area (Å²) in [6.45, 7) is 5.40. The van der Waals surface area contributed by atoms with Crippen molar-refractivity contribution in [3.05, 3.63) is 59.7 Å². The number of amides is 1. The Morgan fingerprint density at radius 2 is 1.70 bits per heavy atom. The lowest BCUT2D eigenvalue weighted by Crippen LogP contribution is -2.36. The molecule has 6 heteroatoms. The summed E-state index contributed by atoms with van der Waals surface area (Å²) in [4.78, 5) is 24.6. The van der Waals surface area contributed by atoms with Crippen LogP contribution in [0.2, 0.25) is 0 Å². The molecule has 0 saturated heterocycles. The van der Waals surface area contributed by atoms with Gasteiger partial charge in [-0.2, -0.15) is 0 Å². The third-order valence-electron chi connectivity index (χ3n) is 3.91. The average molecular weight is 370 g/mol. The fourth-order valence-corrected chi connectivity index (χ4v) is 2.58. The fourth-order valence-electron chi connectivity index (χ4n) is 2.58.